The van der Waals surface area contributed by atoms with Crippen molar-refractivity contribution < 1.29 is 9.59 Å². The second-order valence-corrected chi connectivity index (χ2v) is 3.60. The van der Waals surface area contributed by atoms with Gasteiger partial charge in [0.1, 0.15) is 6.29 Å². The molecule has 0 aromatic heterocycles. The van der Waals surface area contributed by atoms with E-state index in [1.807, 2.05) is 6.92 Å². The van der Waals surface area contributed by atoms with E-state index in [1.165, 1.54) is 0 Å². The van der Waals surface area contributed by atoms with Gasteiger partial charge in [-0.2, -0.15) is 0 Å². The van der Waals surface area contributed by atoms with Gasteiger partial charge < -0.3 is 4.79 Å². The molecule has 0 saturated carbocycles. The zero-order chi connectivity index (χ0) is 14.2. The highest BCUT2D eigenvalue weighted by molar-refractivity contribution is 5.89. The maximum absolute atomic E-state index is 11.1. The van der Waals surface area contributed by atoms with E-state index < -0.39 is 0 Å². The Kier molecular flexibility index (Phi) is 12.1. The summed E-state index contributed by atoms with van der Waals surface area (Å²) in [6, 6.07) is 0. The first-order chi connectivity index (χ1) is 9.31. The molecular formula is C17H18O2. The molecule has 0 aliphatic rings. The molecular weight excluding hydrogens is 236 g/mol. The van der Waals surface area contributed by atoms with E-state index in [0.29, 0.717) is 19.3 Å². The molecule has 2 heteroatoms. The zero-order valence-electron chi connectivity index (χ0n) is 11.2. The molecule has 0 radical (unpaired) electrons. The zero-order valence-corrected chi connectivity index (χ0v) is 11.2. The third-order valence-corrected chi connectivity index (χ3v) is 1.90. The molecule has 98 valence electrons. The van der Waals surface area contributed by atoms with E-state index in [0.717, 1.165) is 12.7 Å². The highest BCUT2D eigenvalue weighted by atomic mass is 16.1. The lowest BCUT2D eigenvalue weighted by Gasteiger charge is -1.85. The molecule has 2 nitrogen and oxygen atoms in total. The van der Waals surface area contributed by atoms with Gasteiger partial charge in [0.25, 0.3) is 0 Å². The third kappa shape index (κ3) is 13.6. The van der Waals surface area contributed by atoms with Gasteiger partial charge in [-0.25, -0.2) is 0 Å². The Labute approximate surface area is 115 Å². The van der Waals surface area contributed by atoms with Crippen LogP contribution in [-0.2, 0) is 9.59 Å². The molecule has 0 heterocycles. The van der Waals surface area contributed by atoms with Crippen LogP contribution >= 0.6 is 0 Å². The first-order valence-electron chi connectivity index (χ1n) is 6.26. The summed E-state index contributed by atoms with van der Waals surface area (Å²) < 4.78 is 0. The number of hydrogen-bond donors (Lipinski definition) is 0. The molecule has 0 aliphatic heterocycles. The molecule has 0 aromatic rings. The van der Waals surface area contributed by atoms with Crippen LogP contribution in [0.2, 0.25) is 0 Å². The first-order valence-corrected chi connectivity index (χ1v) is 6.26. The van der Waals surface area contributed by atoms with Crippen LogP contribution in [0.1, 0.15) is 32.6 Å². The van der Waals surface area contributed by atoms with E-state index in [9.17, 15) is 9.59 Å². The number of carbonyl (C=O) groups excluding carboxylic acids is 2. The van der Waals surface area contributed by atoms with Crippen molar-refractivity contribution in [2.75, 3.05) is 0 Å². The number of aldehydes is 1. The Morgan fingerprint density at radius 2 is 1.89 bits per heavy atom. The lowest BCUT2D eigenvalue weighted by molar-refractivity contribution is -0.114. The molecule has 0 spiro atoms. The Balaban J connectivity index is 3.89. The summed E-state index contributed by atoms with van der Waals surface area (Å²) in [4.78, 5) is 21.1. The van der Waals surface area contributed by atoms with Crippen molar-refractivity contribution in [1.29, 1.82) is 0 Å². The lowest BCUT2D eigenvalue weighted by Crippen LogP contribution is -1.88. The maximum atomic E-state index is 11.1. The lowest BCUT2D eigenvalue weighted by atomic mass is 10.2. The Bertz CT molecular complexity index is 471. The van der Waals surface area contributed by atoms with Crippen molar-refractivity contribution >= 4 is 12.1 Å². The van der Waals surface area contributed by atoms with Gasteiger partial charge in [0.05, 0.1) is 0 Å². The van der Waals surface area contributed by atoms with Crippen LogP contribution in [0, 0.1) is 23.7 Å². The van der Waals surface area contributed by atoms with Crippen LogP contribution in [0.25, 0.3) is 0 Å². The fourth-order valence-electron chi connectivity index (χ4n) is 1.04. The van der Waals surface area contributed by atoms with E-state index in [2.05, 4.69) is 23.7 Å². The van der Waals surface area contributed by atoms with Crippen molar-refractivity contribution in [3.05, 3.63) is 36.5 Å². The Morgan fingerprint density at radius 1 is 1.11 bits per heavy atom. The molecule has 0 bridgehead atoms. The molecule has 0 saturated heterocycles. The van der Waals surface area contributed by atoms with Crippen LogP contribution in [-0.4, -0.2) is 12.1 Å². The summed E-state index contributed by atoms with van der Waals surface area (Å²) in [5, 5.41) is 0. The minimum Gasteiger partial charge on any atom is -0.303 e. The molecule has 19 heavy (non-hydrogen) atoms. The van der Waals surface area contributed by atoms with E-state index >= 15 is 0 Å². The normalized spacial score (nSPS) is 10.2. The predicted octanol–water partition coefficient (Wildman–Crippen LogP) is 3.01. The predicted molar refractivity (Wildman–Crippen MR) is 78.2 cm³/mol. The van der Waals surface area contributed by atoms with E-state index in [4.69, 9.17) is 0 Å². The van der Waals surface area contributed by atoms with Gasteiger partial charge in [-0.05, 0) is 30.4 Å². The summed E-state index contributed by atoms with van der Waals surface area (Å²) in [6.07, 6.45) is 13.6. The second-order valence-electron chi connectivity index (χ2n) is 3.60. The summed E-state index contributed by atoms with van der Waals surface area (Å²) in [5.74, 6) is 11.0. The highest BCUT2D eigenvalue weighted by Crippen LogP contribution is 1.90. The minimum absolute atomic E-state index is 0.140. The van der Waals surface area contributed by atoms with Gasteiger partial charge in [0.2, 0.25) is 0 Å². The quantitative estimate of drug-likeness (QED) is 0.230. The molecule has 0 atom stereocenters. The SMILES string of the molecule is CCCC(=O)/C=C/C=C/C=C\C#CC#CCCC=O. The number of carbonyl (C=O) groups is 2. The highest BCUT2D eigenvalue weighted by Gasteiger charge is 1.89. The topological polar surface area (TPSA) is 34.1 Å². The molecule has 0 aliphatic carbocycles. The van der Waals surface area contributed by atoms with Crippen molar-refractivity contribution in [1.82, 2.24) is 0 Å². The molecule has 0 amide bonds. The van der Waals surface area contributed by atoms with Crippen LogP contribution in [0.4, 0.5) is 0 Å². The van der Waals surface area contributed by atoms with Crippen molar-refractivity contribution in [2.45, 2.75) is 32.6 Å². The van der Waals surface area contributed by atoms with Gasteiger partial charge in [0, 0.05) is 19.3 Å². The van der Waals surface area contributed by atoms with Gasteiger partial charge >= 0.3 is 0 Å². The minimum atomic E-state index is 0.140. The Hall–Kier alpha value is -2.32. The monoisotopic (exact) mass is 254 g/mol. The van der Waals surface area contributed by atoms with E-state index in [1.54, 1.807) is 36.5 Å². The van der Waals surface area contributed by atoms with Crippen molar-refractivity contribution in [3.8, 4) is 23.7 Å². The van der Waals surface area contributed by atoms with Crippen LogP contribution in [0.15, 0.2) is 36.5 Å². The van der Waals surface area contributed by atoms with Gasteiger partial charge in [-0.3, -0.25) is 4.79 Å². The molecule has 0 fully saturated rings. The second kappa shape index (κ2) is 13.7. The van der Waals surface area contributed by atoms with Gasteiger partial charge in [-0.1, -0.05) is 43.1 Å². The first kappa shape index (κ1) is 16.7. The third-order valence-electron chi connectivity index (χ3n) is 1.90. The van der Waals surface area contributed by atoms with Crippen LogP contribution in [0.3, 0.4) is 0 Å². The molecule has 0 aromatic carbocycles. The van der Waals surface area contributed by atoms with Gasteiger partial charge in [-0.15, -0.1) is 0 Å². The average molecular weight is 254 g/mol. The number of hydrogen-bond acceptors (Lipinski definition) is 2. The van der Waals surface area contributed by atoms with Crippen molar-refractivity contribution in [2.24, 2.45) is 0 Å². The fourth-order valence-corrected chi connectivity index (χ4v) is 1.04. The maximum Gasteiger partial charge on any atom is 0.155 e. The largest absolute Gasteiger partial charge is 0.303 e. The fraction of sp³-hybridized carbons (Fsp3) is 0.294. The van der Waals surface area contributed by atoms with Gasteiger partial charge in [0.15, 0.2) is 5.78 Å². The summed E-state index contributed by atoms with van der Waals surface area (Å²) >= 11 is 0. The molecule has 0 unspecified atom stereocenters. The smallest absolute Gasteiger partial charge is 0.155 e. The van der Waals surface area contributed by atoms with E-state index in [-0.39, 0.29) is 5.78 Å². The van der Waals surface area contributed by atoms with Crippen LogP contribution < -0.4 is 0 Å². The number of rotatable bonds is 7. The summed E-state index contributed by atoms with van der Waals surface area (Å²) in [6.45, 7) is 1.98. The Morgan fingerprint density at radius 3 is 2.63 bits per heavy atom. The number of allylic oxidation sites excluding steroid dienone is 6. The van der Waals surface area contributed by atoms with Crippen LogP contribution in [0.5, 0.6) is 0 Å². The molecule has 0 N–H and O–H groups in total. The van der Waals surface area contributed by atoms with Crippen molar-refractivity contribution in [3.63, 3.8) is 0 Å². The number of ketones is 1. The molecule has 0 rings (SSSR count). The standard InChI is InChI=1S/C17H18O2/c1-2-14-17(19)15-12-10-8-6-4-3-5-7-9-11-13-16-18/h4,6,8,10,12,15-16H,2,11,13-14H2,1H3/b6-4-,10-8+,15-12+. The number of unbranched alkanes of at least 4 members (excludes halogenated alkanes) is 1. The summed E-state index contributed by atoms with van der Waals surface area (Å²) in [7, 11) is 0. The summed E-state index contributed by atoms with van der Waals surface area (Å²) in [5.41, 5.74) is 0. The average Bonchev–Trinajstić information content (AvgIpc) is 2.40.